The van der Waals surface area contributed by atoms with E-state index >= 15 is 0 Å². The first-order valence-electron chi connectivity index (χ1n) is 8.50. The molecule has 0 heterocycles. The summed E-state index contributed by atoms with van der Waals surface area (Å²) >= 11 is 0. The lowest BCUT2D eigenvalue weighted by Crippen LogP contribution is -2.21. The predicted molar refractivity (Wildman–Crippen MR) is 99.1 cm³/mol. The summed E-state index contributed by atoms with van der Waals surface area (Å²) in [6, 6.07) is 11.3. The average molecular weight is 393 g/mol. The van der Waals surface area contributed by atoms with Crippen LogP contribution in [0, 0.1) is 0 Å². The molecular weight excluding hydrogens is 372 g/mol. The first kappa shape index (κ1) is 21.1. The number of para-hydroxylation sites is 1. The molecule has 0 saturated heterocycles. The third-order valence-corrected chi connectivity index (χ3v) is 3.82. The minimum atomic E-state index is -3.15. The largest absolute Gasteiger partial charge is 0.493 e. The van der Waals surface area contributed by atoms with Crippen LogP contribution >= 0.6 is 0 Å². The maximum absolute atomic E-state index is 12.6. The van der Waals surface area contributed by atoms with Gasteiger partial charge in [-0.05, 0) is 35.7 Å². The molecule has 0 atom stereocenters. The number of carbonyl (C=O) groups excluding carboxylic acids is 2. The van der Waals surface area contributed by atoms with Crippen molar-refractivity contribution in [2.45, 2.75) is 26.4 Å². The molecule has 2 aromatic rings. The molecule has 0 aliphatic heterocycles. The van der Waals surface area contributed by atoms with Crippen LogP contribution in [-0.2, 0) is 9.53 Å². The highest BCUT2D eigenvalue weighted by atomic mass is 19.3. The number of anilines is 1. The van der Waals surface area contributed by atoms with Gasteiger partial charge < -0.3 is 19.5 Å². The summed E-state index contributed by atoms with van der Waals surface area (Å²) in [5.74, 6) is -1.69. The van der Waals surface area contributed by atoms with Gasteiger partial charge in [-0.2, -0.15) is 8.78 Å². The number of amides is 1. The summed E-state index contributed by atoms with van der Waals surface area (Å²) in [6.07, 6.45) is 0. The van der Waals surface area contributed by atoms with Gasteiger partial charge in [0.1, 0.15) is 5.56 Å². The minimum Gasteiger partial charge on any atom is -0.493 e. The number of halogens is 2. The normalized spacial score (nSPS) is 10.7. The second-order valence-electron chi connectivity index (χ2n) is 6.12. The molecule has 150 valence electrons. The Kier molecular flexibility index (Phi) is 7.31. The number of benzene rings is 2. The van der Waals surface area contributed by atoms with E-state index in [1.54, 1.807) is 12.1 Å². The van der Waals surface area contributed by atoms with E-state index in [-0.39, 0.29) is 11.3 Å². The number of nitrogens with one attached hydrogen (secondary N) is 1. The summed E-state index contributed by atoms with van der Waals surface area (Å²) in [6.45, 7) is 0.366. The van der Waals surface area contributed by atoms with E-state index in [9.17, 15) is 18.4 Å². The summed E-state index contributed by atoms with van der Waals surface area (Å²) in [5.41, 5.74) is 1.40. The summed E-state index contributed by atoms with van der Waals surface area (Å²) in [7, 11) is 1.25. The van der Waals surface area contributed by atoms with Crippen LogP contribution in [0.3, 0.4) is 0 Å². The van der Waals surface area contributed by atoms with Gasteiger partial charge in [-0.3, -0.25) is 4.79 Å². The van der Waals surface area contributed by atoms with Crippen LogP contribution in [0.2, 0.25) is 0 Å². The summed E-state index contributed by atoms with van der Waals surface area (Å²) in [4.78, 5) is 24.2. The molecule has 0 radical (unpaired) electrons. The molecule has 0 spiro atoms. The molecule has 0 aliphatic rings. The smallest absolute Gasteiger partial charge is 0.387 e. The third kappa shape index (κ3) is 5.67. The fourth-order valence-corrected chi connectivity index (χ4v) is 2.41. The number of esters is 1. The molecular formula is C20H21F2NO5. The Balaban J connectivity index is 2.00. The Morgan fingerprint density at radius 1 is 1.07 bits per heavy atom. The van der Waals surface area contributed by atoms with Gasteiger partial charge in [0.15, 0.2) is 18.1 Å². The lowest BCUT2D eigenvalue weighted by molar-refractivity contribution is -0.119. The first-order chi connectivity index (χ1) is 13.3. The molecule has 2 rings (SSSR count). The van der Waals surface area contributed by atoms with Crippen molar-refractivity contribution < 1.29 is 32.6 Å². The van der Waals surface area contributed by atoms with Gasteiger partial charge in [0, 0.05) is 5.69 Å². The monoisotopic (exact) mass is 393 g/mol. The molecule has 0 saturated carbocycles. The minimum absolute atomic E-state index is 0.0514. The molecule has 1 amide bonds. The fourth-order valence-electron chi connectivity index (χ4n) is 2.41. The zero-order valence-corrected chi connectivity index (χ0v) is 15.7. The van der Waals surface area contributed by atoms with Gasteiger partial charge in [-0.1, -0.05) is 32.0 Å². The molecule has 28 heavy (non-hydrogen) atoms. The van der Waals surface area contributed by atoms with Crippen LogP contribution in [0.1, 0.15) is 35.7 Å². The number of ether oxygens (including phenoxy) is 3. The van der Waals surface area contributed by atoms with Gasteiger partial charge in [0.2, 0.25) is 0 Å². The lowest BCUT2D eigenvalue weighted by atomic mass is 10.0. The molecule has 2 aromatic carbocycles. The standard InChI is InChI=1S/C20H21F2NO5/c1-12(2)13-7-9-14(10-8-13)23-17(24)11-27-19(25)15-5-4-6-16(26-3)18(15)28-20(21)22/h4-10,12,20H,11H2,1-3H3,(H,23,24). The molecule has 6 nitrogen and oxygen atoms in total. The van der Waals surface area contributed by atoms with Crippen molar-refractivity contribution in [3.05, 3.63) is 53.6 Å². The second kappa shape index (κ2) is 9.68. The van der Waals surface area contributed by atoms with Crippen LogP contribution in [-0.4, -0.2) is 32.2 Å². The van der Waals surface area contributed by atoms with Crippen LogP contribution in [0.5, 0.6) is 11.5 Å². The average Bonchev–Trinajstić information content (AvgIpc) is 2.66. The van der Waals surface area contributed by atoms with Crippen molar-refractivity contribution in [1.29, 1.82) is 0 Å². The zero-order chi connectivity index (χ0) is 20.7. The SMILES string of the molecule is COc1cccc(C(=O)OCC(=O)Nc2ccc(C(C)C)cc2)c1OC(F)F. The van der Waals surface area contributed by atoms with Crippen molar-refractivity contribution in [2.75, 3.05) is 19.0 Å². The number of carbonyl (C=O) groups is 2. The van der Waals surface area contributed by atoms with Gasteiger partial charge in [-0.15, -0.1) is 0 Å². The number of alkyl halides is 2. The van der Waals surface area contributed by atoms with Crippen LogP contribution in [0.25, 0.3) is 0 Å². The second-order valence-corrected chi connectivity index (χ2v) is 6.12. The maximum atomic E-state index is 12.6. The Hall–Kier alpha value is -3.16. The number of hydrogen-bond donors (Lipinski definition) is 1. The van der Waals surface area contributed by atoms with Gasteiger partial charge >= 0.3 is 12.6 Å². The zero-order valence-electron chi connectivity index (χ0n) is 15.7. The predicted octanol–water partition coefficient (Wildman–Crippen LogP) is 4.22. The van der Waals surface area contributed by atoms with Crippen LogP contribution in [0.4, 0.5) is 14.5 Å². The van der Waals surface area contributed by atoms with Gasteiger partial charge in [0.05, 0.1) is 7.11 Å². The Morgan fingerprint density at radius 2 is 1.75 bits per heavy atom. The highest BCUT2D eigenvalue weighted by Crippen LogP contribution is 2.32. The van der Waals surface area contributed by atoms with E-state index in [0.29, 0.717) is 11.6 Å². The molecule has 0 fully saturated rings. The van der Waals surface area contributed by atoms with E-state index in [1.807, 2.05) is 12.1 Å². The first-order valence-corrected chi connectivity index (χ1v) is 8.50. The van der Waals surface area contributed by atoms with E-state index in [2.05, 4.69) is 23.9 Å². The molecule has 0 bridgehead atoms. The van der Waals surface area contributed by atoms with Crippen molar-refractivity contribution in [3.63, 3.8) is 0 Å². The van der Waals surface area contributed by atoms with Crippen molar-refractivity contribution in [2.24, 2.45) is 0 Å². The maximum Gasteiger partial charge on any atom is 0.387 e. The topological polar surface area (TPSA) is 73.9 Å². The Bertz CT molecular complexity index is 822. The molecule has 0 aromatic heterocycles. The highest BCUT2D eigenvalue weighted by Gasteiger charge is 2.22. The molecule has 0 unspecified atom stereocenters. The quantitative estimate of drug-likeness (QED) is 0.680. The summed E-state index contributed by atoms with van der Waals surface area (Å²) in [5, 5.41) is 2.59. The highest BCUT2D eigenvalue weighted by molar-refractivity contribution is 5.97. The van der Waals surface area contributed by atoms with E-state index in [4.69, 9.17) is 9.47 Å². The van der Waals surface area contributed by atoms with Crippen molar-refractivity contribution in [1.82, 2.24) is 0 Å². The van der Waals surface area contributed by atoms with E-state index in [1.165, 1.54) is 25.3 Å². The molecule has 0 aliphatic carbocycles. The van der Waals surface area contributed by atoms with E-state index < -0.39 is 30.8 Å². The van der Waals surface area contributed by atoms with Gasteiger partial charge in [-0.25, -0.2) is 4.79 Å². The third-order valence-electron chi connectivity index (χ3n) is 3.82. The molecule has 8 heteroatoms. The number of methoxy groups -OCH3 is 1. The van der Waals surface area contributed by atoms with Gasteiger partial charge in [0.25, 0.3) is 5.91 Å². The van der Waals surface area contributed by atoms with Crippen LogP contribution < -0.4 is 14.8 Å². The fraction of sp³-hybridized carbons (Fsp3) is 0.300. The Morgan fingerprint density at radius 3 is 2.32 bits per heavy atom. The molecule has 1 N–H and O–H groups in total. The van der Waals surface area contributed by atoms with Crippen molar-refractivity contribution >= 4 is 17.6 Å². The van der Waals surface area contributed by atoms with Crippen LogP contribution in [0.15, 0.2) is 42.5 Å². The number of rotatable bonds is 8. The summed E-state index contributed by atoms with van der Waals surface area (Å²) < 4.78 is 39.4. The van der Waals surface area contributed by atoms with E-state index in [0.717, 1.165) is 5.56 Å². The van der Waals surface area contributed by atoms with Crippen molar-refractivity contribution in [3.8, 4) is 11.5 Å². The number of hydrogen-bond acceptors (Lipinski definition) is 5. The lowest BCUT2D eigenvalue weighted by Gasteiger charge is -2.14. The Labute approximate surface area is 161 Å².